The monoisotopic (exact) mass is 331 g/mol. The predicted molar refractivity (Wildman–Crippen MR) is 88.2 cm³/mol. The van der Waals surface area contributed by atoms with E-state index in [1.807, 2.05) is 32.0 Å². The summed E-state index contributed by atoms with van der Waals surface area (Å²) < 4.78 is 38.8. The molecule has 2 aromatic carbocycles. The third-order valence-electron chi connectivity index (χ3n) is 4.13. The summed E-state index contributed by atoms with van der Waals surface area (Å²) in [6.45, 7) is 4.09. The highest BCUT2D eigenvalue weighted by molar-refractivity contribution is 6.04. The second kappa shape index (κ2) is 5.82. The number of carbonyl (C=O) groups excluding carboxylic acids is 1. The van der Waals surface area contributed by atoms with Crippen molar-refractivity contribution in [2.24, 2.45) is 0 Å². The first kappa shape index (κ1) is 16.3. The average Bonchev–Trinajstić information content (AvgIpc) is 2.91. The van der Waals surface area contributed by atoms with Crippen LogP contribution in [0.25, 0.3) is 22.2 Å². The van der Waals surface area contributed by atoms with Gasteiger partial charge in [-0.2, -0.15) is 13.2 Å². The van der Waals surface area contributed by atoms with Crippen molar-refractivity contribution in [1.82, 2.24) is 4.98 Å². The smallest absolute Gasteiger partial charge is 0.354 e. The number of aromatic amines is 1. The van der Waals surface area contributed by atoms with Crippen molar-refractivity contribution in [2.75, 3.05) is 0 Å². The molecule has 1 aromatic heterocycles. The zero-order valence-corrected chi connectivity index (χ0v) is 13.2. The van der Waals surface area contributed by atoms with Crippen LogP contribution in [-0.4, -0.2) is 11.3 Å². The Kier molecular flexibility index (Phi) is 3.95. The summed E-state index contributed by atoms with van der Waals surface area (Å²) in [5.74, 6) is 0.292. The molecule has 1 N–H and O–H groups in total. The molecular formula is C19H16F3NO. The third-order valence-corrected chi connectivity index (χ3v) is 4.13. The van der Waals surface area contributed by atoms with Crippen LogP contribution in [0.3, 0.4) is 0 Å². The number of rotatable bonds is 3. The highest BCUT2D eigenvalue weighted by Crippen LogP contribution is 2.35. The van der Waals surface area contributed by atoms with Gasteiger partial charge in [-0.05, 0) is 41.3 Å². The molecule has 0 radical (unpaired) electrons. The van der Waals surface area contributed by atoms with E-state index in [4.69, 9.17) is 0 Å². The molecule has 3 aromatic rings. The van der Waals surface area contributed by atoms with Crippen LogP contribution < -0.4 is 0 Å². The van der Waals surface area contributed by atoms with Gasteiger partial charge < -0.3 is 4.98 Å². The Labute approximate surface area is 137 Å². The van der Waals surface area contributed by atoms with Crippen molar-refractivity contribution >= 4 is 17.2 Å². The molecular weight excluding hydrogens is 315 g/mol. The first-order chi connectivity index (χ1) is 11.3. The van der Waals surface area contributed by atoms with Gasteiger partial charge in [-0.25, -0.2) is 0 Å². The van der Waals surface area contributed by atoms with Gasteiger partial charge in [0, 0.05) is 16.5 Å². The molecule has 0 spiro atoms. The highest BCUT2D eigenvalue weighted by Gasteiger charge is 2.30. The molecule has 0 saturated heterocycles. The average molecular weight is 331 g/mol. The van der Waals surface area contributed by atoms with E-state index in [2.05, 4.69) is 4.98 Å². The lowest BCUT2D eigenvalue weighted by atomic mass is 9.99. The molecule has 0 bridgehead atoms. The zero-order chi connectivity index (χ0) is 17.5. The Morgan fingerprint density at radius 2 is 1.83 bits per heavy atom. The van der Waals surface area contributed by atoms with Gasteiger partial charge in [0.25, 0.3) is 0 Å². The number of halogens is 3. The summed E-state index contributed by atoms with van der Waals surface area (Å²) in [6.07, 6.45) is -3.73. The zero-order valence-electron chi connectivity index (χ0n) is 13.2. The van der Waals surface area contributed by atoms with E-state index in [0.29, 0.717) is 29.0 Å². The number of benzene rings is 2. The molecule has 3 rings (SSSR count). The maximum Gasteiger partial charge on any atom is 0.416 e. The molecule has 1 heterocycles. The lowest BCUT2D eigenvalue weighted by molar-refractivity contribution is -0.137. The standard InChI is InChI=1S/C19H16F3NO/c1-11(2)12-6-7-17-15(9-12)16(10-24)18(23-17)13-4-3-5-14(8-13)19(20,21)22/h3-11,23H,1-2H3. The van der Waals surface area contributed by atoms with E-state index in [1.165, 1.54) is 6.07 Å². The number of alkyl halides is 3. The molecule has 5 heteroatoms. The molecule has 0 atom stereocenters. The van der Waals surface area contributed by atoms with Crippen LogP contribution in [-0.2, 0) is 6.18 Å². The minimum Gasteiger partial charge on any atom is -0.354 e. The molecule has 2 nitrogen and oxygen atoms in total. The largest absolute Gasteiger partial charge is 0.416 e. The molecule has 0 amide bonds. The van der Waals surface area contributed by atoms with E-state index in [0.717, 1.165) is 28.6 Å². The lowest BCUT2D eigenvalue weighted by Gasteiger charge is -2.08. The first-order valence-corrected chi connectivity index (χ1v) is 7.59. The fourth-order valence-electron chi connectivity index (χ4n) is 2.79. The topological polar surface area (TPSA) is 32.9 Å². The van der Waals surface area contributed by atoms with Gasteiger partial charge in [-0.1, -0.05) is 32.0 Å². The molecule has 24 heavy (non-hydrogen) atoms. The summed E-state index contributed by atoms with van der Waals surface area (Å²) in [6, 6.07) is 10.7. The Balaban J connectivity index is 2.21. The number of aromatic nitrogens is 1. The number of hydrogen-bond donors (Lipinski definition) is 1. The molecule has 0 aliphatic heterocycles. The molecule has 0 aliphatic rings. The van der Waals surface area contributed by atoms with Crippen LogP contribution >= 0.6 is 0 Å². The van der Waals surface area contributed by atoms with Crippen LogP contribution in [0.5, 0.6) is 0 Å². The predicted octanol–water partition coefficient (Wildman–Crippen LogP) is 5.79. The molecule has 0 aliphatic carbocycles. The Morgan fingerprint density at radius 1 is 1.08 bits per heavy atom. The van der Waals surface area contributed by atoms with Gasteiger partial charge >= 0.3 is 6.18 Å². The number of aldehydes is 1. The van der Waals surface area contributed by atoms with E-state index in [-0.39, 0.29) is 0 Å². The number of H-pyrrole nitrogens is 1. The Bertz CT molecular complexity index is 907. The van der Waals surface area contributed by atoms with Crippen molar-refractivity contribution < 1.29 is 18.0 Å². The van der Waals surface area contributed by atoms with Gasteiger partial charge in [0.2, 0.25) is 0 Å². The summed E-state index contributed by atoms with van der Waals surface area (Å²) in [7, 11) is 0. The number of fused-ring (bicyclic) bond motifs is 1. The summed E-state index contributed by atoms with van der Waals surface area (Å²) in [4.78, 5) is 14.7. The fraction of sp³-hybridized carbons (Fsp3) is 0.211. The van der Waals surface area contributed by atoms with E-state index >= 15 is 0 Å². The van der Waals surface area contributed by atoms with Crippen LogP contribution in [0.4, 0.5) is 13.2 Å². The van der Waals surface area contributed by atoms with Crippen molar-refractivity contribution in [1.29, 1.82) is 0 Å². The van der Waals surface area contributed by atoms with Gasteiger partial charge in [0.05, 0.1) is 11.3 Å². The molecule has 0 unspecified atom stereocenters. The van der Waals surface area contributed by atoms with E-state index in [9.17, 15) is 18.0 Å². The van der Waals surface area contributed by atoms with Crippen molar-refractivity contribution in [3.63, 3.8) is 0 Å². The van der Waals surface area contributed by atoms with Gasteiger partial charge in [0.1, 0.15) is 0 Å². The van der Waals surface area contributed by atoms with Crippen LogP contribution in [0.1, 0.15) is 41.3 Å². The van der Waals surface area contributed by atoms with Crippen LogP contribution in [0.15, 0.2) is 42.5 Å². The van der Waals surface area contributed by atoms with Gasteiger partial charge in [-0.3, -0.25) is 4.79 Å². The maximum atomic E-state index is 12.9. The number of nitrogens with one attached hydrogen (secondary N) is 1. The molecule has 124 valence electrons. The van der Waals surface area contributed by atoms with Crippen LogP contribution in [0.2, 0.25) is 0 Å². The Hall–Kier alpha value is -2.56. The second-order valence-electron chi connectivity index (χ2n) is 6.07. The van der Waals surface area contributed by atoms with Crippen molar-refractivity contribution in [3.05, 3.63) is 59.2 Å². The summed E-state index contributed by atoms with van der Waals surface area (Å²) >= 11 is 0. The van der Waals surface area contributed by atoms with E-state index < -0.39 is 11.7 Å². The minimum atomic E-state index is -4.42. The highest BCUT2D eigenvalue weighted by atomic mass is 19.4. The van der Waals surface area contributed by atoms with E-state index in [1.54, 1.807) is 6.07 Å². The lowest BCUT2D eigenvalue weighted by Crippen LogP contribution is -2.04. The van der Waals surface area contributed by atoms with Crippen LogP contribution in [0, 0.1) is 0 Å². The number of carbonyl (C=O) groups is 1. The minimum absolute atomic E-state index is 0.292. The second-order valence-corrected chi connectivity index (χ2v) is 6.07. The van der Waals surface area contributed by atoms with Gasteiger partial charge in [0.15, 0.2) is 6.29 Å². The Morgan fingerprint density at radius 3 is 2.46 bits per heavy atom. The summed E-state index contributed by atoms with van der Waals surface area (Å²) in [5.41, 5.74) is 2.19. The fourth-order valence-corrected chi connectivity index (χ4v) is 2.79. The maximum absolute atomic E-state index is 12.9. The van der Waals surface area contributed by atoms with Gasteiger partial charge in [-0.15, -0.1) is 0 Å². The third kappa shape index (κ3) is 2.82. The molecule has 0 saturated carbocycles. The number of hydrogen-bond acceptors (Lipinski definition) is 1. The SMILES string of the molecule is CC(C)c1ccc2[nH]c(-c3cccc(C(F)(F)F)c3)c(C=O)c2c1. The molecule has 0 fully saturated rings. The quantitative estimate of drug-likeness (QED) is 0.605. The van der Waals surface area contributed by atoms with Crippen molar-refractivity contribution in [2.45, 2.75) is 25.9 Å². The first-order valence-electron chi connectivity index (χ1n) is 7.59. The summed E-state index contributed by atoms with van der Waals surface area (Å²) in [5, 5.41) is 0.726. The van der Waals surface area contributed by atoms with Crippen molar-refractivity contribution in [3.8, 4) is 11.3 Å². The normalized spacial score (nSPS) is 12.1.